The third kappa shape index (κ3) is 3.71. The minimum Gasteiger partial charge on any atom is -0.472 e. The molecule has 1 saturated carbocycles. The molecule has 3 fully saturated rings. The molecule has 10 heteroatoms. The molecule has 180 valence electrons. The molecule has 2 bridgehead atoms. The number of ether oxygens (including phenoxy) is 1. The van der Waals surface area contributed by atoms with Crippen molar-refractivity contribution in [2.75, 3.05) is 0 Å². The van der Waals surface area contributed by atoms with Gasteiger partial charge in [0, 0.05) is 30.7 Å². The Morgan fingerprint density at radius 2 is 1.74 bits per heavy atom. The summed E-state index contributed by atoms with van der Waals surface area (Å²) in [6.45, 7) is 0. The van der Waals surface area contributed by atoms with E-state index in [2.05, 4.69) is 15.0 Å². The van der Waals surface area contributed by atoms with Gasteiger partial charge in [-0.25, -0.2) is 9.37 Å². The highest BCUT2D eigenvalue weighted by Gasteiger charge is 2.64. The molecule has 5 heterocycles. The Hall–Kier alpha value is -3.56. The lowest BCUT2D eigenvalue weighted by molar-refractivity contribution is -0.137. The van der Waals surface area contributed by atoms with E-state index >= 15 is 0 Å². The standard InChI is InChI=1S/C25H20F4N4O2/c26-17-4-2-10-31-22(17)21-15(3-1-9-30-21)24(34)33-18-7-6-14-16(23(14)33)11-19(18)35-20-8-5-13(12-32-20)25(27,28)29/h1-5,8-10,12,14,16,18-19,23H,6-7,11H2. The van der Waals surface area contributed by atoms with Crippen LogP contribution >= 0.6 is 0 Å². The molecule has 3 aromatic heterocycles. The van der Waals surface area contributed by atoms with E-state index in [0.717, 1.165) is 18.7 Å². The summed E-state index contributed by atoms with van der Waals surface area (Å²) in [6.07, 6.45) is 1.19. The van der Waals surface area contributed by atoms with Gasteiger partial charge in [0.05, 0.1) is 17.2 Å². The van der Waals surface area contributed by atoms with E-state index in [-0.39, 0.29) is 46.7 Å². The number of halogens is 4. The quantitative estimate of drug-likeness (QED) is 0.500. The molecule has 2 aliphatic heterocycles. The molecule has 0 radical (unpaired) electrons. The summed E-state index contributed by atoms with van der Waals surface area (Å²) >= 11 is 0. The SMILES string of the molecule is O=C(c1cccnc1-c1ncccc1F)N1C2CCC3C(CC2Oc2ccc(C(F)(F)F)cn2)C31. The van der Waals surface area contributed by atoms with Crippen molar-refractivity contribution in [3.05, 3.63) is 71.9 Å². The largest absolute Gasteiger partial charge is 0.472 e. The fourth-order valence-electron chi connectivity index (χ4n) is 5.70. The number of carbonyl (C=O) groups is 1. The Labute approximate surface area is 198 Å². The average molecular weight is 484 g/mol. The number of amides is 1. The topological polar surface area (TPSA) is 68.2 Å². The van der Waals surface area contributed by atoms with Crippen LogP contribution in [0.3, 0.4) is 0 Å². The Morgan fingerprint density at radius 1 is 0.971 bits per heavy atom. The van der Waals surface area contributed by atoms with Gasteiger partial charge in [-0.05, 0) is 61.4 Å². The van der Waals surface area contributed by atoms with Crippen LogP contribution in [-0.4, -0.2) is 43.9 Å². The highest BCUT2D eigenvalue weighted by Crippen LogP contribution is 2.58. The summed E-state index contributed by atoms with van der Waals surface area (Å²) < 4.78 is 59.2. The maximum atomic E-state index is 14.5. The zero-order valence-electron chi connectivity index (χ0n) is 18.3. The predicted octanol–water partition coefficient (Wildman–Crippen LogP) is 4.77. The van der Waals surface area contributed by atoms with E-state index in [1.165, 1.54) is 30.6 Å². The highest BCUT2D eigenvalue weighted by atomic mass is 19.4. The summed E-state index contributed by atoms with van der Waals surface area (Å²) in [7, 11) is 0. The summed E-state index contributed by atoms with van der Waals surface area (Å²) in [6, 6.07) is 7.94. The monoisotopic (exact) mass is 484 g/mol. The predicted molar refractivity (Wildman–Crippen MR) is 116 cm³/mol. The maximum Gasteiger partial charge on any atom is 0.417 e. The first-order chi connectivity index (χ1) is 16.8. The molecule has 1 aliphatic carbocycles. The second kappa shape index (κ2) is 8.00. The molecule has 0 spiro atoms. The van der Waals surface area contributed by atoms with Crippen LogP contribution in [0.25, 0.3) is 11.4 Å². The van der Waals surface area contributed by atoms with Gasteiger partial charge in [0.25, 0.3) is 5.91 Å². The lowest BCUT2D eigenvalue weighted by Crippen LogP contribution is -2.55. The number of fused-ring (bicyclic) bond motifs is 2. The fourth-order valence-corrected chi connectivity index (χ4v) is 5.70. The van der Waals surface area contributed by atoms with Crippen LogP contribution in [0.5, 0.6) is 5.88 Å². The average Bonchev–Trinajstić information content (AvgIpc) is 3.60. The van der Waals surface area contributed by atoms with Gasteiger partial charge in [0.15, 0.2) is 5.82 Å². The van der Waals surface area contributed by atoms with Crippen molar-refractivity contribution >= 4 is 5.91 Å². The van der Waals surface area contributed by atoms with E-state index in [1.807, 2.05) is 4.90 Å². The molecule has 2 saturated heterocycles. The lowest BCUT2D eigenvalue weighted by atomic mass is 9.93. The number of aromatic nitrogens is 3. The van der Waals surface area contributed by atoms with Crippen molar-refractivity contribution in [1.82, 2.24) is 19.9 Å². The Morgan fingerprint density at radius 3 is 2.46 bits per heavy atom. The summed E-state index contributed by atoms with van der Waals surface area (Å²) in [5.41, 5.74) is -0.405. The minimum atomic E-state index is -4.48. The molecule has 5 atom stereocenters. The van der Waals surface area contributed by atoms with Gasteiger partial charge in [-0.15, -0.1) is 0 Å². The molecular formula is C25H20F4N4O2. The van der Waals surface area contributed by atoms with Crippen LogP contribution in [0.15, 0.2) is 55.0 Å². The molecule has 3 aromatic rings. The molecule has 1 amide bonds. The second-order valence-corrected chi connectivity index (χ2v) is 9.18. The van der Waals surface area contributed by atoms with Crippen molar-refractivity contribution in [2.24, 2.45) is 11.8 Å². The van der Waals surface area contributed by atoms with Gasteiger partial charge in [0.2, 0.25) is 5.88 Å². The first-order valence-electron chi connectivity index (χ1n) is 11.4. The molecular weight excluding hydrogens is 464 g/mol. The number of rotatable bonds is 4. The number of alkyl halides is 3. The molecule has 5 unspecified atom stereocenters. The van der Waals surface area contributed by atoms with Gasteiger partial charge >= 0.3 is 6.18 Å². The maximum absolute atomic E-state index is 14.5. The third-order valence-corrected chi connectivity index (χ3v) is 7.29. The molecule has 6 nitrogen and oxygen atoms in total. The smallest absolute Gasteiger partial charge is 0.417 e. The minimum absolute atomic E-state index is 0.00715. The molecule has 0 aromatic carbocycles. The second-order valence-electron chi connectivity index (χ2n) is 9.18. The first-order valence-corrected chi connectivity index (χ1v) is 11.4. The molecule has 3 aliphatic rings. The Balaban J connectivity index is 1.29. The van der Waals surface area contributed by atoms with Gasteiger partial charge in [-0.2, -0.15) is 13.2 Å². The number of nitrogens with zero attached hydrogens (tertiary/aromatic N) is 4. The van der Waals surface area contributed by atoms with Crippen molar-refractivity contribution < 1.29 is 27.1 Å². The van der Waals surface area contributed by atoms with Crippen LogP contribution in [-0.2, 0) is 6.18 Å². The van der Waals surface area contributed by atoms with Gasteiger partial charge in [-0.3, -0.25) is 14.8 Å². The van der Waals surface area contributed by atoms with E-state index < -0.39 is 23.7 Å². The van der Waals surface area contributed by atoms with Crippen LogP contribution in [0, 0.1) is 17.7 Å². The number of hydrogen-bond donors (Lipinski definition) is 0. The summed E-state index contributed by atoms with van der Waals surface area (Å²) in [5, 5.41) is 0. The van der Waals surface area contributed by atoms with Crippen molar-refractivity contribution in [3.8, 4) is 17.3 Å². The van der Waals surface area contributed by atoms with Gasteiger partial charge in [-0.1, -0.05) is 0 Å². The van der Waals surface area contributed by atoms with Crippen LogP contribution in [0.2, 0.25) is 0 Å². The van der Waals surface area contributed by atoms with Crippen molar-refractivity contribution in [2.45, 2.75) is 43.6 Å². The normalized spacial score (nSPS) is 26.9. The molecule has 6 rings (SSSR count). The molecule has 0 N–H and O–H groups in total. The van der Waals surface area contributed by atoms with Gasteiger partial charge < -0.3 is 9.64 Å². The zero-order chi connectivity index (χ0) is 24.3. The Kier molecular flexibility index (Phi) is 5.01. The van der Waals surface area contributed by atoms with Crippen LogP contribution in [0.1, 0.15) is 35.2 Å². The fraction of sp³-hybridized carbons (Fsp3) is 0.360. The summed E-state index contributed by atoms with van der Waals surface area (Å²) in [4.78, 5) is 27.8. The van der Waals surface area contributed by atoms with Crippen molar-refractivity contribution in [3.63, 3.8) is 0 Å². The molecule has 35 heavy (non-hydrogen) atoms. The van der Waals surface area contributed by atoms with E-state index in [1.54, 1.807) is 12.1 Å². The number of piperidine rings is 2. The van der Waals surface area contributed by atoms with Crippen LogP contribution < -0.4 is 4.74 Å². The number of hydrogen-bond acceptors (Lipinski definition) is 5. The highest BCUT2D eigenvalue weighted by molar-refractivity contribution is 6.00. The number of carbonyl (C=O) groups excluding carboxylic acids is 1. The number of pyridine rings is 3. The zero-order valence-corrected chi connectivity index (χ0v) is 18.3. The van der Waals surface area contributed by atoms with Gasteiger partial charge in [0.1, 0.15) is 17.5 Å². The summed E-state index contributed by atoms with van der Waals surface area (Å²) in [5.74, 6) is -0.135. The van der Waals surface area contributed by atoms with E-state index in [9.17, 15) is 22.4 Å². The van der Waals surface area contributed by atoms with Crippen LogP contribution in [0.4, 0.5) is 17.6 Å². The first kappa shape index (κ1) is 21.9. The Bertz CT molecular complexity index is 1280. The third-order valence-electron chi connectivity index (χ3n) is 7.29. The van der Waals surface area contributed by atoms with Crippen molar-refractivity contribution in [1.29, 1.82) is 0 Å². The van der Waals surface area contributed by atoms with E-state index in [4.69, 9.17) is 4.74 Å². The van der Waals surface area contributed by atoms with E-state index in [0.29, 0.717) is 18.8 Å². The lowest BCUT2D eigenvalue weighted by Gasteiger charge is -2.42.